The van der Waals surface area contributed by atoms with Crippen molar-refractivity contribution in [1.29, 1.82) is 0 Å². The first-order valence-corrected chi connectivity index (χ1v) is 5.73. The van der Waals surface area contributed by atoms with Gasteiger partial charge in [-0.25, -0.2) is 4.79 Å². The van der Waals surface area contributed by atoms with Crippen molar-refractivity contribution < 1.29 is 23.7 Å². The van der Waals surface area contributed by atoms with E-state index in [0.29, 0.717) is 18.5 Å². The molecule has 2 aliphatic heterocycles. The van der Waals surface area contributed by atoms with Gasteiger partial charge in [0.05, 0.1) is 0 Å². The average molecular weight is 248 g/mol. The first kappa shape index (κ1) is 13.0. The fourth-order valence-corrected chi connectivity index (χ4v) is 1.34. The van der Waals surface area contributed by atoms with Gasteiger partial charge in [-0.1, -0.05) is 13.8 Å². The van der Waals surface area contributed by atoms with Gasteiger partial charge in [-0.3, -0.25) is 0 Å². The predicted molar refractivity (Wildman–Crippen MR) is 60.2 cm³/mol. The summed E-state index contributed by atoms with van der Waals surface area (Å²) in [5, 5.41) is 0.303. The molecule has 0 aromatic rings. The Kier molecular flexibility index (Phi) is 5.31. The van der Waals surface area contributed by atoms with Gasteiger partial charge >= 0.3 is 11.4 Å². The van der Waals surface area contributed by atoms with Crippen molar-refractivity contribution in [1.82, 2.24) is 0 Å². The Morgan fingerprint density at radius 1 is 1.12 bits per heavy atom. The number of hydrogen-bond donors (Lipinski definition) is 0. The molecule has 0 aromatic carbocycles. The molecular formula is C10H16O5S. The van der Waals surface area contributed by atoms with Crippen LogP contribution in [-0.4, -0.2) is 36.8 Å². The maximum absolute atomic E-state index is 10.2. The summed E-state index contributed by atoms with van der Waals surface area (Å²) in [6, 6.07) is 0. The van der Waals surface area contributed by atoms with Gasteiger partial charge in [-0.2, -0.15) is 0 Å². The molecule has 0 amide bonds. The van der Waals surface area contributed by atoms with Crippen molar-refractivity contribution in [3.05, 3.63) is 0 Å². The number of rotatable bonds is 2. The van der Waals surface area contributed by atoms with Crippen LogP contribution < -0.4 is 0 Å². The number of ether oxygens (including phenoxy) is 4. The zero-order valence-corrected chi connectivity index (χ0v) is 10.2. The SMILES string of the molecule is CCC1COC(=O)O1.CCC1COC(=S)O1. The lowest BCUT2D eigenvalue weighted by atomic mass is 10.3. The first-order chi connectivity index (χ1) is 7.65. The van der Waals surface area contributed by atoms with Gasteiger partial charge in [0.1, 0.15) is 25.4 Å². The topological polar surface area (TPSA) is 54.0 Å². The fraction of sp³-hybridized carbons (Fsp3) is 0.800. The molecule has 5 nitrogen and oxygen atoms in total. The van der Waals surface area contributed by atoms with E-state index in [0.717, 1.165) is 12.8 Å². The second-order valence-corrected chi connectivity index (χ2v) is 3.75. The van der Waals surface area contributed by atoms with Crippen molar-refractivity contribution in [3.63, 3.8) is 0 Å². The van der Waals surface area contributed by atoms with Crippen molar-refractivity contribution >= 4 is 23.6 Å². The summed E-state index contributed by atoms with van der Waals surface area (Å²) in [5.74, 6) is 0. The van der Waals surface area contributed by atoms with Crippen molar-refractivity contribution in [2.75, 3.05) is 13.2 Å². The van der Waals surface area contributed by atoms with Gasteiger partial charge in [0, 0.05) is 12.2 Å². The Hall–Kier alpha value is -1.04. The average Bonchev–Trinajstić information content (AvgIpc) is 2.88. The number of cyclic esters (lactones) is 2. The van der Waals surface area contributed by atoms with Crippen LogP contribution in [0.2, 0.25) is 0 Å². The predicted octanol–water partition coefficient (Wildman–Crippen LogP) is 2.03. The van der Waals surface area contributed by atoms with E-state index in [2.05, 4.69) is 21.7 Å². The minimum Gasteiger partial charge on any atom is -0.453 e. The van der Waals surface area contributed by atoms with Gasteiger partial charge < -0.3 is 18.9 Å². The van der Waals surface area contributed by atoms with Crippen LogP contribution in [0.1, 0.15) is 26.7 Å². The van der Waals surface area contributed by atoms with Crippen LogP contribution in [-0.2, 0) is 18.9 Å². The molecule has 0 aromatic heterocycles. The number of thiocarbonyl (C=S) groups is 1. The number of carbonyl (C=O) groups excluding carboxylic acids is 1. The molecule has 2 atom stereocenters. The second kappa shape index (κ2) is 6.52. The monoisotopic (exact) mass is 248 g/mol. The van der Waals surface area contributed by atoms with E-state index >= 15 is 0 Å². The Morgan fingerprint density at radius 3 is 1.94 bits per heavy atom. The lowest BCUT2D eigenvalue weighted by molar-refractivity contribution is 0.117. The Bertz CT molecular complexity index is 230. The minimum atomic E-state index is -0.531. The summed E-state index contributed by atoms with van der Waals surface area (Å²) in [4.78, 5) is 10.2. The quantitative estimate of drug-likeness (QED) is 0.550. The van der Waals surface area contributed by atoms with Gasteiger partial charge in [-0.05, 0) is 12.8 Å². The van der Waals surface area contributed by atoms with E-state index in [4.69, 9.17) is 9.47 Å². The van der Waals surface area contributed by atoms with Crippen LogP contribution in [0.5, 0.6) is 0 Å². The highest BCUT2D eigenvalue weighted by atomic mass is 32.1. The molecule has 0 bridgehead atoms. The van der Waals surface area contributed by atoms with Gasteiger partial charge in [0.15, 0.2) is 0 Å². The van der Waals surface area contributed by atoms with Gasteiger partial charge in [-0.15, -0.1) is 0 Å². The van der Waals surface area contributed by atoms with Crippen molar-refractivity contribution in [2.24, 2.45) is 0 Å². The first-order valence-electron chi connectivity index (χ1n) is 5.32. The molecule has 2 fully saturated rings. The van der Waals surface area contributed by atoms with Crippen LogP contribution in [0, 0.1) is 0 Å². The Balaban J connectivity index is 0.000000160. The molecule has 16 heavy (non-hydrogen) atoms. The van der Waals surface area contributed by atoms with Crippen LogP contribution in [0.25, 0.3) is 0 Å². The van der Waals surface area contributed by atoms with Crippen LogP contribution in [0.3, 0.4) is 0 Å². The summed E-state index contributed by atoms with van der Waals surface area (Å²) in [6.45, 7) is 5.05. The van der Waals surface area contributed by atoms with Crippen molar-refractivity contribution in [2.45, 2.75) is 38.9 Å². The van der Waals surface area contributed by atoms with Gasteiger partial charge in [0.25, 0.3) is 0 Å². The van der Waals surface area contributed by atoms with E-state index in [1.54, 1.807) is 0 Å². The summed E-state index contributed by atoms with van der Waals surface area (Å²) >= 11 is 4.62. The molecule has 2 rings (SSSR count). The smallest absolute Gasteiger partial charge is 0.453 e. The Labute approximate surface area is 100.0 Å². The largest absolute Gasteiger partial charge is 0.508 e. The number of hydrogen-bond acceptors (Lipinski definition) is 6. The third-order valence-electron chi connectivity index (χ3n) is 2.21. The van der Waals surface area contributed by atoms with E-state index in [1.165, 1.54) is 0 Å². The molecule has 0 radical (unpaired) electrons. The van der Waals surface area contributed by atoms with Crippen LogP contribution >= 0.6 is 12.2 Å². The molecule has 2 heterocycles. The maximum Gasteiger partial charge on any atom is 0.508 e. The van der Waals surface area contributed by atoms with Crippen LogP contribution in [0.15, 0.2) is 0 Å². The summed E-state index contributed by atoms with van der Waals surface area (Å²) in [5.41, 5.74) is 0. The lowest BCUT2D eigenvalue weighted by Crippen LogP contribution is -2.06. The normalized spacial score (nSPS) is 27.1. The summed E-state index contributed by atoms with van der Waals surface area (Å²) < 4.78 is 19.0. The molecule has 0 aliphatic carbocycles. The second-order valence-electron chi connectivity index (χ2n) is 3.42. The van der Waals surface area contributed by atoms with E-state index in [9.17, 15) is 4.79 Å². The molecule has 6 heteroatoms. The zero-order valence-electron chi connectivity index (χ0n) is 9.43. The standard InChI is InChI=1S/C5H8O3.C5H8O2S/c1-2-4-3-7-5(6)8-4;1-2-4-3-6-5(8)7-4/h2*4H,2-3H2,1H3. The summed E-state index contributed by atoms with van der Waals surface area (Å²) in [6.07, 6.45) is 1.49. The van der Waals surface area contributed by atoms with Gasteiger partial charge in [0.2, 0.25) is 0 Å². The van der Waals surface area contributed by atoms with E-state index in [-0.39, 0.29) is 12.2 Å². The third kappa shape index (κ3) is 4.22. The molecule has 2 saturated heterocycles. The van der Waals surface area contributed by atoms with Crippen molar-refractivity contribution in [3.8, 4) is 0 Å². The zero-order chi connectivity index (χ0) is 12.0. The van der Waals surface area contributed by atoms with E-state index in [1.807, 2.05) is 13.8 Å². The van der Waals surface area contributed by atoms with E-state index < -0.39 is 6.16 Å². The third-order valence-corrected chi connectivity index (χ3v) is 2.42. The highest BCUT2D eigenvalue weighted by molar-refractivity contribution is 7.79. The molecule has 2 aliphatic rings. The van der Waals surface area contributed by atoms with Crippen LogP contribution in [0.4, 0.5) is 4.79 Å². The molecule has 0 saturated carbocycles. The minimum absolute atomic E-state index is 0.00231. The highest BCUT2D eigenvalue weighted by Gasteiger charge is 2.22. The lowest BCUT2D eigenvalue weighted by Gasteiger charge is -1.98. The molecule has 2 unspecified atom stereocenters. The fourth-order valence-electron chi connectivity index (χ4n) is 1.13. The summed E-state index contributed by atoms with van der Waals surface area (Å²) in [7, 11) is 0. The Morgan fingerprint density at radius 2 is 1.69 bits per heavy atom. The highest BCUT2D eigenvalue weighted by Crippen LogP contribution is 2.08. The molecule has 0 N–H and O–H groups in total. The maximum atomic E-state index is 10.2. The molecule has 92 valence electrons. The molecular weight excluding hydrogens is 232 g/mol. The number of carbonyl (C=O) groups is 1. The molecule has 0 spiro atoms.